The van der Waals surface area contributed by atoms with Gasteiger partial charge in [-0.3, -0.25) is 19.4 Å². The predicted molar refractivity (Wildman–Crippen MR) is 129 cm³/mol. The monoisotopic (exact) mass is 469 g/mol. The van der Waals surface area contributed by atoms with E-state index in [4.69, 9.17) is 10.00 Å². The van der Waals surface area contributed by atoms with Crippen molar-refractivity contribution in [2.24, 2.45) is 5.92 Å². The first-order chi connectivity index (χ1) is 16.0. The molecule has 0 saturated carbocycles. The van der Waals surface area contributed by atoms with Crippen LogP contribution in [0.2, 0.25) is 0 Å². The molecule has 2 rings (SSSR count). The lowest BCUT2D eigenvalue weighted by Crippen LogP contribution is -2.35. The Morgan fingerprint density at radius 3 is 2.67 bits per heavy atom. The minimum absolute atomic E-state index is 0.000185. The number of allylic oxidation sites excluding steroid dienone is 3. The number of rotatable bonds is 13. The third-order valence-corrected chi connectivity index (χ3v) is 6.32. The Hall–Kier alpha value is -2.92. The molecule has 1 aromatic heterocycles. The molecule has 0 aromatic carbocycles. The van der Waals surface area contributed by atoms with Crippen LogP contribution in [0.5, 0.6) is 0 Å². The fourth-order valence-corrected chi connectivity index (χ4v) is 4.56. The molecule has 1 heterocycles. The highest BCUT2D eigenvalue weighted by molar-refractivity contribution is 7.99. The van der Waals surface area contributed by atoms with Gasteiger partial charge in [-0.1, -0.05) is 13.0 Å². The van der Waals surface area contributed by atoms with Crippen molar-refractivity contribution in [2.45, 2.75) is 39.5 Å². The van der Waals surface area contributed by atoms with Crippen LogP contribution in [0.3, 0.4) is 0 Å². The average Bonchev–Trinajstić information content (AvgIpc) is 2.85. The summed E-state index contributed by atoms with van der Waals surface area (Å²) in [6, 6.07) is 5.53. The standard InChI is InChI=1S/C25H31N3O4S/c1-3-12-28(25(31)20-9-7-19(16-26)8-10-20)13-14-33-18-22(15-23(29)32-4-2)24(30)21-6-5-11-27-17-21/h5-7,9,11,17,22H,3-4,8,10,12-15,18H2,1-2H3. The van der Waals surface area contributed by atoms with Gasteiger partial charge >= 0.3 is 5.97 Å². The minimum Gasteiger partial charge on any atom is -0.466 e. The van der Waals surface area contributed by atoms with E-state index in [1.165, 1.54) is 6.20 Å². The second-order valence-electron chi connectivity index (χ2n) is 7.67. The number of carbonyl (C=O) groups is 3. The Balaban J connectivity index is 1.96. The molecule has 1 unspecified atom stereocenters. The molecule has 1 aromatic rings. The zero-order valence-corrected chi connectivity index (χ0v) is 20.1. The third-order valence-electron chi connectivity index (χ3n) is 5.21. The number of ether oxygens (including phenoxy) is 1. The second-order valence-corrected chi connectivity index (χ2v) is 8.82. The molecule has 1 aliphatic carbocycles. The molecule has 8 heteroatoms. The normalized spacial score (nSPS) is 13.8. The quantitative estimate of drug-likeness (QED) is 0.245. The predicted octanol–water partition coefficient (Wildman–Crippen LogP) is 3.98. The van der Waals surface area contributed by atoms with Crippen LogP contribution in [-0.2, 0) is 14.3 Å². The summed E-state index contributed by atoms with van der Waals surface area (Å²) in [5, 5.41) is 8.99. The van der Waals surface area contributed by atoms with Gasteiger partial charge in [0.25, 0.3) is 0 Å². The molecule has 0 saturated heterocycles. The first-order valence-electron chi connectivity index (χ1n) is 11.3. The van der Waals surface area contributed by atoms with Crippen molar-refractivity contribution in [3.63, 3.8) is 0 Å². The topological polar surface area (TPSA) is 100 Å². The van der Waals surface area contributed by atoms with E-state index in [0.717, 1.165) is 12.0 Å². The number of thioether (sulfide) groups is 1. The van der Waals surface area contributed by atoms with Crippen molar-refractivity contribution < 1.29 is 19.1 Å². The van der Waals surface area contributed by atoms with Crippen molar-refractivity contribution >= 4 is 29.4 Å². The van der Waals surface area contributed by atoms with Gasteiger partial charge in [-0.25, -0.2) is 0 Å². The number of esters is 1. The fraction of sp³-hybridized carbons (Fsp3) is 0.480. The summed E-state index contributed by atoms with van der Waals surface area (Å²) < 4.78 is 5.05. The molecule has 176 valence electrons. The van der Waals surface area contributed by atoms with Crippen molar-refractivity contribution in [1.82, 2.24) is 9.88 Å². The number of aromatic nitrogens is 1. The molecule has 7 nitrogen and oxygen atoms in total. The molecule has 0 N–H and O–H groups in total. The van der Waals surface area contributed by atoms with Crippen LogP contribution in [-0.4, -0.2) is 58.7 Å². The molecule has 0 aliphatic heterocycles. The summed E-state index contributed by atoms with van der Waals surface area (Å²) in [5.74, 6) is 0.0782. The number of nitriles is 1. The van der Waals surface area contributed by atoms with Gasteiger partial charge < -0.3 is 9.64 Å². The van der Waals surface area contributed by atoms with Gasteiger partial charge in [0.05, 0.1) is 19.1 Å². The molecular formula is C25H31N3O4S. The molecule has 0 radical (unpaired) electrons. The van der Waals surface area contributed by atoms with E-state index in [0.29, 0.717) is 48.6 Å². The van der Waals surface area contributed by atoms with Crippen molar-refractivity contribution in [1.29, 1.82) is 5.26 Å². The van der Waals surface area contributed by atoms with E-state index in [-0.39, 0.29) is 24.7 Å². The molecule has 33 heavy (non-hydrogen) atoms. The second kappa shape index (κ2) is 14.3. The van der Waals surface area contributed by atoms with Crippen molar-refractivity contribution in [3.8, 4) is 6.07 Å². The SMILES string of the molecule is CCCN(CCSCC(CC(=O)OCC)C(=O)c1cccnc1)C(=O)C1=CC=C(C#N)CC1. The molecule has 1 atom stereocenters. The van der Waals surface area contributed by atoms with Crippen LogP contribution in [0.1, 0.15) is 49.9 Å². The maximum absolute atomic E-state index is 12.9. The molecular weight excluding hydrogens is 438 g/mol. The Morgan fingerprint density at radius 2 is 2.06 bits per heavy atom. The van der Waals surface area contributed by atoms with Crippen molar-refractivity contribution in [2.75, 3.05) is 31.2 Å². The van der Waals surface area contributed by atoms with Crippen molar-refractivity contribution in [3.05, 3.63) is 53.4 Å². The van der Waals surface area contributed by atoms with E-state index in [1.807, 2.05) is 11.8 Å². The van der Waals surface area contributed by atoms with E-state index in [1.54, 1.807) is 49.2 Å². The highest BCUT2D eigenvalue weighted by Gasteiger charge is 2.25. The van der Waals surface area contributed by atoms with Gasteiger partial charge in [0.1, 0.15) is 0 Å². The maximum Gasteiger partial charge on any atom is 0.306 e. The number of ketones is 1. The van der Waals surface area contributed by atoms with E-state index < -0.39 is 11.9 Å². The van der Waals surface area contributed by atoms with Gasteiger partial charge in [-0.15, -0.1) is 0 Å². The average molecular weight is 470 g/mol. The third kappa shape index (κ3) is 8.50. The Morgan fingerprint density at radius 1 is 1.24 bits per heavy atom. The highest BCUT2D eigenvalue weighted by atomic mass is 32.2. The summed E-state index contributed by atoms with van der Waals surface area (Å²) in [6.07, 6.45) is 8.62. The lowest BCUT2D eigenvalue weighted by Gasteiger charge is -2.24. The first kappa shape index (κ1) is 26.3. The first-order valence-corrected chi connectivity index (χ1v) is 12.4. The molecule has 1 aliphatic rings. The summed E-state index contributed by atoms with van der Waals surface area (Å²) in [4.78, 5) is 43.7. The van der Waals surface area contributed by atoms with Crippen LogP contribution >= 0.6 is 11.8 Å². The lowest BCUT2D eigenvalue weighted by atomic mass is 9.97. The number of carbonyl (C=O) groups excluding carboxylic acids is 3. The highest BCUT2D eigenvalue weighted by Crippen LogP contribution is 2.22. The number of amides is 1. The molecule has 1 amide bonds. The summed E-state index contributed by atoms with van der Waals surface area (Å²) in [7, 11) is 0. The van der Waals surface area contributed by atoms with E-state index >= 15 is 0 Å². The number of hydrogen-bond donors (Lipinski definition) is 0. The number of pyridine rings is 1. The van der Waals surface area contributed by atoms with Gasteiger partial charge in [0.2, 0.25) is 5.91 Å². The van der Waals surface area contributed by atoms with Crippen LogP contribution < -0.4 is 0 Å². The largest absolute Gasteiger partial charge is 0.466 e. The van der Waals surface area contributed by atoms with Crippen LogP contribution in [0.25, 0.3) is 0 Å². The van der Waals surface area contributed by atoms with Crippen LogP contribution in [0.4, 0.5) is 0 Å². The number of Topliss-reactive ketones (excluding diaryl/α,β-unsaturated/α-hetero) is 1. The molecule has 0 fully saturated rings. The van der Waals surface area contributed by atoms with Gasteiger partial charge in [-0.05, 0) is 44.4 Å². The smallest absolute Gasteiger partial charge is 0.306 e. The van der Waals surface area contributed by atoms with Crippen LogP contribution in [0.15, 0.2) is 47.8 Å². The lowest BCUT2D eigenvalue weighted by molar-refractivity contribution is -0.143. The number of nitrogens with zero attached hydrogens (tertiary/aromatic N) is 3. The molecule has 0 bridgehead atoms. The summed E-state index contributed by atoms with van der Waals surface area (Å²) >= 11 is 1.55. The molecule has 0 spiro atoms. The minimum atomic E-state index is -0.510. The Labute approximate surface area is 199 Å². The fourth-order valence-electron chi connectivity index (χ4n) is 3.49. The number of hydrogen-bond acceptors (Lipinski definition) is 7. The van der Waals surface area contributed by atoms with Gasteiger partial charge in [0, 0.05) is 59.6 Å². The summed E-state index contributed by atoms with van der Waals surface area (Å²) in [5.41, 5.74) is 1.89. The van der Waals surface area contributed by atoms with E-state index in [9.17, 15) is 14.4 Å². The van der Waals surface area contributed by atoms with E-state index in [2.05, 4.69) is 11.1 Å². The Bertz CT molecular complexity index is 921. The van der Waals surface area contributed by atoms with Gasteiger partial charge in [0.15, 0.2) is 5.78 Å². The Kier molecular flexibility index (Phi) is 11.4. The zero-order valence-electron chi connectivity index (χ0n) is 19.3. The maximum atomic E-state index is 12.9. The van der Waals surface area contributed by atoms with Crippen LogP contribution in [0, 0.1) is 17.2 Å². The zero-order chi connectivity index (χ0) is 24.1. The summed E-state index contributed by atoms with van der Waals surface area (Å²) in [6.45, 7) is 5.23. The van der Waals surface area contributed by atoms with Gasteiger partial charge in [-0.2, -0.15) is 17.0 Å².